The summed E-state index contributed by atoms with van der Waals surface area (Å²) in [5.74, 6) is -0.671. The van der Waals surface area contributed by atoms with Crippen molar-refractivity contribution < 1.29 is 9.59 Å². The second kappa shape index (κ2) is 6.93. The lowest BCUT2D eigenvalue weighted by atomic mass is 10.1. The SMILES string of the molecule is CN1CCN(CCNC2=C(c3ccccc3)C(=O)NC2=O)CC1. The Morgan fingerprint density at radius 2 is 1.74 bits per heavy atom. The molecule has 0 bridgehead atoms. The number of imide groups is 1. The molecule has 1 saturated heterocycles. The largest absolute Gasteiger partial charge is 0.379 e. The molecule has 122 valence electrons. The number of rotatable bonds is 5. The summed E-state index contributed by atoms with van der Waals surface area (Å²) in [5, 5.41) is 5.54. The van der Waals surface area contributed by atoms with E-state index in [9.17, 15) is 9.59 Å². The van der Waals surface area contributed by atoms with Gasteiger partial charge in [0.2, 0.25) is 0 Å². The Morgan fingerprint density at radius 3 is 2.43 bits per heavy atom. The summed E-state index contributed by atoms with van der Waals surface area (Å²) in [4.78, 5) is 28.7. The van der Waals surface area contributed by atoms with Crippen LogP contribution in [0.5, 0.6) is 0 Å². The number of benzene rings is 1. The highest BCUT2D eigenvalue weighted by molar-refractivity contribution is 6.35. The van der Waals surface area contributed by atoms with Gasteiger partial charge in [-0.15, -0.1) is 0 Å². The zero-order valence-electron chi connectivity index (χ0n) is 13.3. The molecule has 2 heterocycles. The van der Waals surface area contributed by atoms with Crippen LogP contribution in [-0.2, 0) is 9.59 Å². The van der Waals surface area contributed by atoms with Crippen LogP contribution in [0.3, 0.4) is 0 Å². The summed E-state index contributed by atoms with van der Waals surface area (Å²) in [7, 11) is 2.13. The zero-order valence-corrected chi connectivity index (χ0v) is 13.3. The summed E-state index contributed by atoms with van der Waals surface area (Å²) in [6.07, 6.45) is 0. The lowest BCUT2D eigenvalue weighted by Crippen LogP contribution is -2.46. The number of piperazine rings is 1. The maximum atomic E-state index is 12.1. The van der Waals surface area contributed by atoms with Gasteiger partial charge in [-0.2, -0.15) is 0 Å². The molecule has 2 amide bonds. The standard InChI is InChI=1S/C17H22N4O2/c1-20-9-11-21(12-10-20)8-7-18-15-14(16(22)19-17(15)23)13-5-3-2-4-6-13/h2-6H,7-12H2,1H3,(H2,18,19,22,23). The van der Waals surface area contributed by atoms with Crippen molar-refractivity contribution in [1.29, 1.82) is 0 Å². The van der Waals surface area contributed by atoms with Gasteiger partial charge in [0.05, 0.1) is 5.57 Å². The predicted molar refractivity (Wildman–Crippen MR) is 88.5 cm³/mol. The molecule has 1 aromatic carbocycles. The first-order chi connectivity index (χ1) is 11.1. The zero-order chi connectivity index (χ0) is 16.2. The van der Waals surface area contributed by atoms with Gasteiger partial charge < -0.3 is 10.2 Å². The number of amides is 2. The van der Waals surface area contributed by atoms with Crippen LogP contribution in [0.4, 0.5) is 0 Å². The van der Waals surface area contributed by atoms with E-state index in [1.807, 2.05) is 30.3 Å². The molecule has 1 aromatic rings. The number of nitrogens with zero attached hydrogens (tertiary/aromatic N) is 2. The van der Waals surface area contributed by atoms with Crippen LogP contribution >= 0.6 is 0 Å². The minimum Gasteiger partial charge on any atom is -0.379 e. The number of carbonyl (C=O) groups excluding carboxylic acids is 2. The molecule has 2 aliphatic heterocycles. The molecule has 23 heavy (non-hydrogen) atoms. The monoisotopic (exact) mass is 314 g/mol. The third kappa shape index (κ3) is 3.60. The van der Waals surface area contributed by atoms with Gasteiger partial charge in [0.15, 0.2) is 0 Å². The van der Waals surface area contributed by atoms with E-state index in [1.165, 1.54) is 0 Å². The second-order valence-corrected chi connectivity index (χ2v) is 5.97. The maximum Gasteiger partial charge on any atom is 0.275 e. The fraction of sp³-hybridized carbons (Fsp3) is 0.412. The summed E-state index contributed by atoms with van der Waals surface area (Å²) in [6, 6.07) is 9.30. The van der Waals surface area contributed by atoms with Crippen LogP contribution in [0.2, 0.25) is 0 Å². The second-order valence-electron chi connectivity index (χ2n) is 5.97. The average Bonchev–Trinajstić information content (AvgIpc) is 2.84. The van der Waals surface area contributed by atoms with Crippen molar-refractivity contribution in [3.8, 4) is 0 Å². The minimum atomic E-state index is -0.341. The number of carbonyl (C=O) groups is 2. The van der Waals surface area contributed by atoms with Crippen molar-refractivity contribution in [1.82, 2.24) is 20.4 Å². The van der Waals surface area contributed by atoms with Crippen LogP contribution in [0.25, 0.3) is 5.57 Å². The lowest BCUT2D eigenvalue weighted by Gasteiger charge is -2.32. The van der Waals surface area contributed by atoms with E-state index in [-0.39, 0.29) is 11.8 Å². The quantitative estimate of drug-likeness (QED) is 0.743. The first kappa shape index (κ1) is 15.7. The molecule has 1 fully saturated rings. The Kier molecular flexibility index (Phi) is 4.73. The van der Waals surface area contributed by atoms with Crippen molar-refractivity contribution in [3.63, 3.8) is 0 Å². The molecule has 0 spiro atoms. The molecular formula is C17H22N4O2. The summed E-state index contributed by atoms with van der Waals surface area (Å²) in [5.41, 5.74) is 1.59. The molecule has 0 saturated carbocycles. The van der Waals surface area contributed by atoms with E-state index in [0.717, 1.165) is 38.3 Å². The fourth-order valence-corrected chi connectivity index (χ4v) is 2.91. The molecule has 0 aromatic heterocycles. The first-order valence-electron chi connectivity index (χ1n) is 7.95. The number of hydrogen-bond acceptors (Lipinski definition) is 5. The number of hydrogen-bond donors (Lipinski definition) is 2. The first-order valence-corrected chi connectivity index (χ1v) is 7.95. The van der Waals surface area contributed by atoms with Crippen molar-refractivity contribution >= 4 is 17.4 Å². The molecule has 0 atom stereocenters. The molecule has 0 radical (unpaired) electrons. The highest BCUT2D eigenvalue weighted by Crippen LogP contribution is 2.22. The topological polar surface area (TPSA) is 64.7 Å². The third-order valence-corrected chi connectivity index (χ3v) is 4.32. The van der Waals surface area contributed by atoms with Crippen molar-refractivity contribution in [3.05, 3.63) is 41.6 Å². The van der Waals surface area contributed by atoms with Crippen LogP contribution in [-0.4, -0.2) is 67.9 Å². The Morgan fingerprint density at radius 1 is 1.04 bits per heavy atom. The smallest absolute Gasteiger partial charge is 0.275 e. The van der Waals surface area contributed by atoms with Crippen LogP contribution in [0.15, 0.2) is 36.0 Å². The van der Waals surface area contributed by atoms with Crippen molar-refractivity contribution in [2.24, 2.45) is 0 Å². The summed E-state index contributed by atoms with van der Waals surface area (Å²) < 4.78 is 0. The molecule has 3 rings (SSSR count). The van der Waals surface area contributed by atoms with Crippen molar-refractivity contribution in [2.75, 3.05) is 46.3 Å². The number of nitrogens with one attached hydrogen (secondary N) is 2. The molecule has 2 aliphatic rings. The molecule has 6 nitrogen and oxygen atoms in total. The van der Waals surface area contributed by atoms with Gasteiger partial charge in [0.25, 0.3) is 11.8 Å². The van der Waals surface area contributed by atoms with E-state index in [0.29, 0.717) is 17.8 Å². The van der Waals surface area contributed by atoms with Crippen LogP contribution in [0.1, 0.15) is 5.56 Å². The van der Waals surface area contributed by atoms with Gasteiger partial charge in [-0.05, 0) is 12.6 Å². The van der Waals surface area contributed by atoms with Gasteiger partial charge in [0, 0.05) is 39.3 Å². The molecule has 6 heteroatoms. The molecule has 0 aliphatic carbocycles. The van der Waals surface area contributed by atoms with Gasteiger partial charge in [0.1, 0.15) is 5.70 Å². The molecular weight excluding hydrogens is 292 g/mol. The van der Waals surface area contributed by atoms with E-state index < -0.39 is 0 Å². The summed E-state index contributed by atoms with van der Waals surface area (Å²) >= 11 is 0. The van der Waals surface area contributed by atoms with E-state index >= 15 is 0 Å². The molecule has 2 N–H and O–H groups in total. The normalized spacial score (nSPS) is 20.0. The highest BCUT2D eigenvalue weighted by Gasteiger charge is 2.31. The predicted octanol–water partition coefficient (Wildman–Crippen LogP) is -0.109. The van der Waals surface area contributed by atoms with Crippen LogP contribution < -0.4 is 10.6 Å². The van der Waals surface area contributed by atoms with E-state index in [2.05, 4.69) is 27.5 Å². The molecule has 0 unspecified atom stereocenters. The van der Waals surface area contributed by atoms with Gasteiger partial charge in [-0.1, -0.05) is 30.3 Å². The van der Waals surface area contributed by atoms with E-state index in [4.69, 9.17) is 0 Å². The van der Waals surface area contributed by atoms with Gasteiger partial charge in [-0.3, -0.25) is 19.8 Å². The Bertz CT molecular complexity index is 619. The average molecular weight is 314 g/mol. The lowest BCUT2D eigenvalue weighted by molar-refractivity contribution is -0.123. The Labute approximate surface area is 136 Å². The Balaban J connectivity index is 1.65. The van der Waals surface area contributed by atoms with E-state index in [1.54, 1.807) is 0 Å². The van der Waals surface area contributed by atoms with Crippen molar-refractivity contribution in [2.45, 2.75) is 0 Å². The van der Waals surface area contributed by atoms with Gasteiger partial charge >= 0.3 is 0 Å². The number of likely N-dealkylation sites (N-methyl/N-ethyl adjacent to an activating group) is 1. The summed E-state index contributed by atoms with van der Waals surface area (Å²) in [6.45, 7) is 5.71. The minimum absolute atomic E-state index is 0.330. The third-order valence-electron chi connectivity index (χ3n) is 4.32. The van der Waals surface area contributed by atoms with Gasteiger partial charge in [-0.25, -0.2) is 0 Å². The fourth-order valence-electron chi connectivity index (χ4n) is 2.91. The maximum absolute atomic E-state index is 12.1. The van der Waals surface area contributed by atoms with Crippen LogP contribution in [0, 0.1) is 0 Å². The highest BCUT2D eigenvalue weighted by atomic mass is 16.2. The Hall–Kier alpha value is -2.18.